The number of aryl methyl sites for hydroxylation is 3. The smallest absolute Gasteiger partial charge is 0.278 e. The molecule has 5 nitrogen and oxygen atoms in total. The van der Waals surface area contributed by atoms with Crippen LogP contribution in [0.1, 0.15) is 32.9 Å². The topological polar surface area (TPSA) is 64.4 Å². The lowest BCUT2D eigenvalue weighted by Gasteiger charge is -2.08. The zero-order valence-electron chi connectivity index (χ0n) is 14.8. The summed E-state index contributed by atoms with van der Waals surface area (Å²) in [5.74, 6) is 0.890. The van der Waals surface area contributed by atoms with Crippen LogP contribution < -0.4 is 10.1 Å². The fourth-order valence-corrected chi connectivity index (χ4v) is 2.57. The van der Waals surface area contributed by atoms with Crippen LogP contribution in [0.15, 0.2) is 47.0 Å². The van der Waals surface area contributed by atoms with Gasteiger partial charge in [-0.15, -0.1) is 0 Å². The van der Waals surface area contributed by atoms with Gasteiger partial charge < -0.3 is 14.6 Å². The summed E-state index contributed by atoms with van der Waals surface area (Å²) < 4.78 is 10.9. The molecule has 0 saturated carbocycles. The van der Waals surface area contributed by atoms with Gasteiger partial charge in [0.1, 0.15) is 18.1 Å². The van der Waals surface area contributed by atoms with Crippen molar-refractivity contribution >= 4 is 23.2 Å². The minimum absolute atomic E-state index is 0.190. The highest BCUT2D eigenvalue weighted by atomic mass is 35.5. The minimum atomic E-state index is -0.371. The van der Waals surface area contributed by atoms with Crippen molar-refractivity contribution in [2.24, 2.45) is 0 Å². The third-order valence-corrected chi connectivity index (χ3v) is 4.44. The van der Waals surface area contributed by atoms with E-state index in [1.807, 2.05) is 44.2 Å². The second-order valence-electron chi connectivity index (χ2n) is 6.09. The van der Waals surface area contributed by atoms with Crippen LogP contribution in [0.3, 0.4) is 0 Å². The number of carbonyl (C=O) groups excluding carboxylic acids is 1. The predicted molar refractivity (Wildman–Crippen MR) is 101 cm³/mol. The van der Waals surface area contributed by atoms with E-state index >= 15 is 0 Å². The fraction of sp³-hybridized carbons (Fsp3) is 0.200. The fourth-order valence-electron chi connectivity index (χ4n) is 2.39. The molecule has 26 heavy (non-hydrogen) atoms. The average Bonchev–Trinajstić information content (AvgIpc) is 2.98. The van der Waals surface area contributed by atoms with Crippen LogP contribution >= 0.6 is 11.6 Å². The highest BCUT2D eigenvalue weighted by Gasteiger charge is 2.20. The molecule has 1 heterocycles. The number of amides is 1. The van der Waals surface area contributed by atoms with Crippen LogP contribution in [0.25, 0.3) is 0 Å². The monoisotopic (exact) mass is 370 g/mol. The molecule has 1 N–H and O–H groups in total. The molecular formula is C20H19ClN2O3. The van der Waals surface area contributed by atoms with Gasteiger partial charge >= 0.3 is 0 Å². The standard InChI is InChI=1S/C20H19ClN2O3/c1-12-4-8-16(9-5-12)25-11-17-14(3)26-23-19(17)20(24)22-15-7-6-13(2)18(21)10-15/h4-10H,11H2,1-3H3,(H,22,24). The van der Waals surface area contributed by atoms with E-state index in [1.165, 1.54) is 0 Å². The molecule has 0 aliphatic carbocycles. The quantitative estimate of drug-likeness (QED) is 0.679. The van der Waals surface area contributed by atoms with Crippen LogP contribution in [0.5, 0.6) is 5.75 Å². The molecule has 1 amide bonds. The maximum absolute atomic E-state index is 12.6. The Balaban J connectivity index is 1.74. The minimum Gasteiger partial charge on any atom is -0.489 e. The van der Waals surface area contributed by atoms with Crippen molar-refractivity contribution in [3.63, 3.8) is 0 Å². The summed E-state index contributed by atoms with van der Waals surface area (Å²) in [6, 6.07) is 13.0. The van der Waals surface area contributed by atoms with Gasteiger partial charge in [0.2, 0.25) is 0 Å². The van der Waals surface area contributed by atoms with Crippen molar-refractivity contribution in [2.45, 2.75) is 27.4 Å². The average molecular weight is 371 g/mol. The number of nitrogens with one attached hydrogen (secondary N) is 1. The zero-order chi connectivity index (χ0) is 18.7. The highest BCUT2D eigenvalue weighted by Crippen LogP contribution is 2.22. The van der Waals surface area contributed by atoms with Crippen molar-refractivity contribution in [2.75, 3.05) is 5.32 Å². The van der Waals surface area contributed by atoms with E-state index in [2.05, 4.69) is 10.5 Å². The van der Waals surface area contributed by atoms with E-state index in [-0.39, 0.29) is 18.2 Å². The number of halogens is 1. The van der Waals surface area contributed by atoms with E-state index in [9.17, 15) is 4.79 Å². The van der Waals surface area contributed by atoms with Crippen LogP contribution in [-0.4, -0.2) is 11.1 Å². The highest BCUT2D eigenvalue weighted by molar-refractivity contribution is 6.31. The molecule has 6 heteroatoms. The first-order chi connectivity index (χ1) is 12.4. The van der Waals surface area contributed by atoms with Gasteiger partial charge in [-0.3, -0.25) is 4.79 Å². The number of nitrogens with zero attached hydrogens (tertiary/aromatic N) is 1. The molecule has 3 rings (SSSR count). The second kappa shape index (κ2) is 7.62. The lowest BCUT2D eigenvalue weighted by Crippen LogP contribution is -2.15. The van der Waals surface area contributed by atoms with E-state index < -0.39 is 0 Å². The van der Waals surface area contributed by atoms with Gasteiger partial charge in [0.15, 0.2) is 5.69 Å². The molecule has 0 spiro atoms. The molecule has 0 saturated heterocycles. The molecule has 0 unspecified atom stereocenters. The Hall–Kier alpha value is -2.79. The Bertz CT molecular complexity index is 933. The summed E-state index contributed by atoms with van der Waals surface area (Å²) in [5, 5.41) is 7.25. The third kappa shape index (κ3) is 4.06. The van der Waals surface area contributed by atoms with Crippen LogP contribution in [0, 0.1) is 20.8 Å². The maximum atomic E-state index is 12.6. The summed E-state index contributed by atoms with van der Waals surface area (Å²) in [5.41, 5.74) is 3.49. The first kappa shape index (κ1) is 18.0. The lowest BCUT2D eigenvalue weighted by molar-refractivity contribution is 0.101. The number of carbonyl (C=O) groups is 1. The molecule has 3 aromatic rings. The molecule has 0 aliphatic heterocycles. The molecular weight excluding hydrogens is 352 g/mol. The molecule has 0 fully saturated rings. The van der Waals surface area contributed by atoms with E-state index in [4.69, 9.17) is 20.9 Å². The summed E-state index contributed by atoms with van der Waals surface area (Å²) in [6.45, 7) is 5.85. The number of anilines is 1. The summed E-state index contributed by atoms with van der Waals surface area (Å²) in [7, 11) is 0. The summed E-state index contributed by atoms with van der Waals surface area (Å²) in [4.78, 5) is 12.6. The van der Waals surface area contributed by atoms with Crippen LogP contribution in [0.2, 0.25) is 5.02 Å². The maximum Gasteiger partial charge on any atom is 0.278 e. The van der Waals surface area contributed by atoms with Gasteiger partial charge in [-0.05, 0) is 50.6 Å². The number of aromatic nitrogens is 1. The first-order valence-corrected chi connectivity index (χ1v) is 8.54. The number of ether oxygens (including phenoxy) is 1. The third-order valence-electron chi connectivity index (χ3n) is 4.03. The van der Waals surface area contributed by atoms with Gasteiger partial charge in [0, 0.05) is 10.7 Å². The van der Waals surface area contributed by atoms with E-state index in [1.54, 1.807) is 19.1 Å². The van der Waals surface area contributed by atoms with E-state index in [0.29, 0.717) is 27.8 Å². The van der Waals surface area contributed by atoms with Gasteiger partial charge in [0.25, 0.3) is 5.91 Å². The van der Waals surface area contributed by atoms with E-state index in [0.717, 1.165) is 11.1 Å². The molecule has 1 aromatic heterocycles. The predicted octanol–water partition coefficient (Wildman–Crippen LogP) is 5.08. The Labute approximate surface area is 156 Å². The Morgan fingerprint density at radius 3 is 2.58 bits per heavy atom. The van der Waals surface area contributed by atoms with Gasteiger partial charge in [-0.25, -0.2) is 0 Å². The normalized spacial score (nSPS) is 10.6. The number of hydrogen-bond acceptors (Lipinski definition) is 4. The van der Waals surface area contributed by atoms with Crippen molar-refractivity contribution in [3.05, 3.63) is 75.6 Å². The molecule has 0 aliphatic rings. The lowest BCUT2D eigenvalue weighted by atomic mass is 10.2. The summed E-state index contributed by atoms with van der Waals surface area (Å²) in [6.07, 6.45) is 0. The van der Waals surface area contributed by atoms with Crippen LogP contribution in [0.4, 0.5) is 5.69 Å². The van der Waals surface area contributed by atoms with Crippen molar-refractivity contribution in [3.8, 4) is 5.75 Å². The van der Waals surface area contributed by atoms with Gasteiger partial charge in [-0.2, -0.15) is 0 Å². The Morgan fingerprint density at radius 1 is 1.15 bits per heavy atom. The van der Waals surface area contributed by atoms with Crippen LogP contribution in [-0.2, 0) is 6.61 Å². The number of benzene rings is 2. The second-order valence-corrected chi connectivity index (χ2v) is 6.49. The molecule has 0 bridgehead atoms. The molecule has 2 aromatic carbocycles. The SMILES string of the molecule is Cc1ccc(OCc2c(C(=O)Nc3ccc(C)c(Cl)c3)noc2C)cc1. The van der Waals surface area contributed by atoms with Gasteiger partial charge in [0.05, 0.1) is 5.56 Å². The Morgan fingerprint density at radius 2 is 1.88 bits per heavy atom. The molecule has 0 atom stereocenters. The van der Waals surface area contributed by atoms with Crippen molar-refractivity contribution in [1.82, 2.24) is 5.16 Å². The largest absolute Gasteiger partial charge is 0.489 e. The zero-order valence-corrected chi connectivity index (χ0v) is 15.6. The van der Waals surface area contributed by atoms with Crippen molar-refractivity contribution < 1.29 is 14.1 Å². The summed E-state index contributed by atoms with van der Waals surface area (Å²) >= 11 is 6.10. The number of rotatable bonds is 5. The first-order valence-electron chi connectivity index (χ1n) is 8.16. The van der Waals surface area contributed by atoms with Gasteiger partial charge in [-0.1, -0.05) is 40.5 Å². The molecule has 0 radical (unpaired) electrons. The van der Waals surface area contributed by atoms with Crippen molar-refractivity contribution in [1.29, 1.82) is 0 Å². The molecule has 134 valence electrons. The number of hydrogen-bond donors (Lipinski definition) is 1. The Kier molecular flexibility index (Phi) is 5.28.